The third-order valence-electron chi connectivity index (χ3n) is 5.16. The Labute approximate surface area is 155 Å². The van der Waals surface area contributed by atoms with Crippen LogP contribution in [0.5, 0.6) is 11.5 Å². The number of fused-ring (bicyclic) bond motifs is 1. The summed E-state index contributed by atoms with van der Waals surface area (Å²) < 4.78 is 10.8. The van der Waals surface area contributed by atoms with Gasteiger partial charge in [-0.1, -0.05) is 6.07 Å². The largest absolute Gasteiger partial charge is 0.497 e. The van der Waals surface area contributed by atoms with Crippen LogP contribution in [0.4, 0.5) is 4.79 Å². The van der Waals surface area contributed by atoms with Crippen molar-refractivity contribution in [3.63, 3.8) is 0 Å². The molecule has 0 aromatic heterocycles. The summed E-state index contributed by atoms with van der Waals surface area (Å²) in [5, 5.41) is 4.90. The molecule has 0 spiro atoms. The van der Waals surface area contributed by atoms with Crippen LogP contribution in [0.25, 0.3) is 0 Å². The molecule has 0 radical (unpaired) electrons. The Morgan fingerprint density at radius 2 is 1.85 bits per heavy atom. The summed E-state index contributed by atoms with van der Waals surface area (Å²) in [6.45, 7) is 0. The maximum absolute atomic E-state index is 12.8. The van der Waals surface area contributed by atoms with Crippen molar-refractivity contribution in [1.29, 1.82) is 0 Å². The second-order valence-corrected chi connectivity index (χ2v) is 6.64. The van der Waals surface area contributed by atoms with Crippen LogP contribution >= 0.6 is 0 Å². The Hall–Kier alpha value is -3.16. The number of rotatable bonds is 3. The number of methoxy groups -OCH3 is 2. The average Bonchev–Trinajstić information content (AvgIpc) is 2.66. The van der Waals surface area contributed by atoms with Crippen LogP contribution in [0.15, 0.2) is 34.5 Å². The Balaban J connectivity index is 1.92. The van der Waals surface area contributed by atoms with Crippen molar-refractivity contribution in [3.8, 4) is 11.5 Å². The van der Waals surface area contributed by atoms with Gasteiger partial charge in [-0.25, -0.2) is 9.79 Å². The molecule has 2 N–H and O–H groups in total. The number of hydrogen-bond acceptors (Lipinski definition) is 6. The van der Waals surface area contributed by atoms with E-state index in [2.05, 4.69) is 15.6 Å². The zero-order chi connectivity index (χ0) is 19.1. The predicted molar refractivity (Wildman–Crippen MR) is 95.8 cm³/mol. The average molecular weight is 369 g/mol. The van der Waals surface area contributed by atoms with E-state index in [1.54, 1.807) is 25.3 Å². The predicted octanol–water partition coefficient (Wildman–Crippen LogP) is 1.66. The molecule has 2 heterocycles. The molecule has 1 aliphatic carbocycles. The third-order valence-corrected chi connectivity index (χ3v) is 5.16. The molecule has 4 rings (SSSR count). The summed E-state index contributed by atoms with van der Waals surface area (Å²) >= 11 is 0. The first-order valence-electron chi connectivity index (χ1n) is 8.72. The van der Waals surface area contributed by atoms with Gasteiger partial charge >= 0.3 is 6.03 Å². The lowest BCUT2D eigenvalue weighted by molar-refractivity contribution is -0.123. The number of carbonyl (C=O) groups is 3. The van der Waals surface area contributed by atoms with Gasteiger partial charge in [-0.3, -0.25) is 20.2 Å². The number of nitrogens with one attached hydrogen (secondary N) is 2. The molecular formula is C19H19N3O5. The maximum Gasteiger partial charge on any atom is 0.326 e. The second kappa shape index (κ2) is 6.53. The zero-order valence-electron chi connectivity index (χ0n) is 15.0. The first-order chi connectivity index (χ1) is 13.0. The van der Waals surface area contributed by atoms with E-state index in [9.17, 15) is 14.4 Å². The summed E-state index contributed by atoms with van der Waals surface area (Å²) in [6, 6.07) is 4.66. The second-order valence-electron chi connectivity index (χ2n) is 6.64. The molecule has 2 unspecified atom stereocenters. The normalized spacial score (nSPS) is 24.4. The molecule has 1 aromatic rings. The zero-order valence-corrected chi connectivity index (χ0v) is 15.0. The number of benzene rings is 1. The van der Waals surface area contributed by atoms with Crippen molar-refractivity contribution in [1.82, 2.24) is 10.6 Å². The van der Waals surface area contributed by atoms with E-state index in [0.29, 0.717) is 47.6 Å². The number of Topliss-reactive ketones (excluding diaryl/α,β-unsaturated/α-hetero) is 1. The van der Waals surface area contributed by atoms with Crippen LogP contribution in [0.1, 0.15) is 30.7 Å². The van der Waals surface area contributed by atoms with Crippen LogP contribution in [0.2, 0.25) is 0 Å². The number of carbonyl (C=O) groups excluding carboxylic acids is 3. The van der Waals surface area contributed by atoms with Gasteiger partial charge < -0.3 is 9.47 Å². The van der Waals surface area contributed by atoms with E-state index in [4.69, 9.17) is 9.47 Å². The Bertz CT molecular complexity index is 918. The molecule has 0 bridgehead atoms. The lowest BCUT2D eigenvalue weighted by Gasteiger charge is -2.37. The molecule has 1 saturated heterocycles. The first-order valence-corrected chi connectivity index (χ1v) is 8.72. The fraction of sp³-hybridized carbons (Fsp3) is 0.368. The number of imide groups is 1. The summed E-state index contributed by atoms with van der Waals surface area (Å²) in [7, 11) is 3.08. The molecule has 0 saturated carbocycles. The van der Waals surface area contributed by atoms with Gasteiger partial charge in [0.05, 0.1) is 14.2 Å². The van der Waals surface area contributed by atoms with E-state index in [1.807, 2.05) is 0 Å². The van der Waals surface area contributed by atoms with Crippen LogP contribution in [0.3, 0.4) is 0 Å². The Kier molecular flexibility index (Phi) is 4.18. The quantitative estimate of drug-likeness (QED) is 0.843. The van der Waals surface area contributed by atoms with Crippen molar-refractivity contribution in [2.75, 3.05) is 14.2 Å². The van der Waals surface area contributed by atoms with Gasteiger partial charge in [-0.05, 0) is 18.9 Å². The highest BCUT2D eigenvalue weighted by atomic mass is 16.5. The molecule has 1 aromatic carbocycles. The number of nitrogens with zero attached hydrogens (tertiary/aromatic N) is 1. The van der Waals surface area contributed by atoms with Gasteiger partial charge in [0.25, 0.3) is 0 Å². The van der Waals surface area contributed by atoms with E-state index in [1.165, 1.54) is 7.11 Å². The van der Waals surface area contributed by atoms with E-state index in [-0.39, 0.29) is 11.6 Å². The topological polar surface area (TPSA) is 106 Å². The van der Waals surface area contributed by atoms with Crippen LogP contribution < -0.4 is 20.1 Å². The SMILES string of the molecule is COc1ccc(C2C3=C(CCCC3=O)N=C3NC(=O)NC(=O)C32)c(OC)c1. The summed E-state index contributed by atoms with van der Waals surface area (Å²) in [4.78, 5) is 41.7. The van der Waals surface area contributed by atoms with Gasteiger partial charge in [0.1, 0.15) is 23.3 Å². The Morgan fingerprint density at radius 1 is 1.04 bits per heavy atom. The van der Waals surface area contributed by atoms with Crippen molar-refractivity contribution in [2.45, 2.75) is 25.2 Å². The smallest absolute Gasteiger partial charge is 0.326 e. The number of hydrogen-bond donors (Lipinski definition) is 2. The molecule has 140 valence electrons. The van der Waals surface area contributed by atoms with Gasteiger partial charge in [-0.15, -0.1) is 0 Å². The van der Waals surface area contributed by atoms with Crippen molar-refractivity contribution < 1.29 is 23.9 Å². The number of amidine groups is 1. The fourth-order valence-electron chi connectivity index (χ4n) is 3.98. The van der Waals surface area contributed by atoms with E-state index in [0.717, 1.165) is 0 Å². The highest BCUT2D eigenvalue weighted by molar-refractivity contribution is 6.20. The Morgan fingerprint density at radius 3 is 2.59 bits per heavy atom. The number of ether oxygens (including phenoxy) is 2. The molecule has 8 nitrogen and oxygen atoms in total. The lowest BCUT2D eigenvalue weighted by Crippen LogP contribution is -2.58. The minimum absolute atomic E-state index is 0.0216. The summed E-state index contributed by atoms with van der Waals surface area (Å²) in [6.07, 6.45) is 1.74. The summed E-state index contributed by atoms with van der Waals surface area (Å²) in [5.41, 5.74) is 1.85. The highest BCUT2D eigenvalue weighted by Gasteiger charge is 2.47. The number of urea groups is 1. The number of amides is 3. The molecule has 2 aliphatic heterocycles. The maximum atomic E-state index is 12.8. The van der Waals surface area contributed by atoms with E-state index < -0.39 is 23.8 Å². The first kappa shape index (κ1) is 17.3. The molecule has 3 aliphatic rings. The fourth-order valence-corrected chi connectivity index (χ4v) is 3.98. The van der Waals surface area contributed by atoms with Gasteiger partial charge in [0.2, 0.25) is 5.91 Å². The minimum Gasteiger partial charge on any atom is -0.497 e. The van der Waals surface area contributed by atoms with Gasteiger partial charge in [-0.2, -0.15) is 0 Å². The molecule has 27 heavy (non-hydrogen) atoms. The van der Waals surface area contributed by atoms with Gasteiger partial charge in [0.15, 0.2) is 5.78 Å². The van der Waals surface area contributed by atoms with Crippen molar-refractivity contribution >= 4 is 23.6 Å². The minimum atomic E-state index is -0.800. The number of aliphatic imine (C=N–C) groups is 1. The number of ketones is 1. The van der Waals surface area contributed by atoms with Crippen molar-refractivity contribution in [3.05, 3.63) is 35.0 Å². The van der Waals surface area contributed by atoms with E-state index >= 15 is 0 Å². The van der Waals surface area contributed by atoms with Gasteiger partial charge in [0, 0.05) is 35.2 Å². The molecule has 2 atom stereocenters. The monoisotopic (exact) mass is 369 g/mol. The molecule has 3 amide bonds. The number of allylic oxidation sites excluding steroid dienone is 2. The van der Waals surface area contributed by atoms with Crippen LogP contribution in [0, 0.1) is 5.92 Å². The standard InChI is InChI=1S/C19H19N3O5/c1-26-9-6-7-10(13(8-9)27-2)14-15-11(4-3-5-12(15)23)20-17-16(14)18(24)22-19(25)21-17/h6-8,14,16H,3-5H2,1-2H3,(H2,20,21,22,24,25). The molecule has 1 fully saturated rings. The lowest BCUT2D eigenvalue weighted by atomic mass is 9.72. The summed E-state index contributed by atoms with van der Waals surface area (Å²) in [5.74, 6) is -0.495. The van der Waals surface area contributed by atoms with Crippen LogP contribution in [-0.4, -0.2) is 37.8 Å². The molecule has 8 heteroatoms. The van der Waals surface area contributed by atoms with Crippen LogP contribution in [-0.2, 0) is 9.59 Å². The molecular weight excluding hydrogens is 350 g/mol. The van der Waals surface area contributed by atoms with Crippen molar-refractivity contribution in [2.24, 2.45) is 10.9 Å². The highest BCUT2D eigenvalue weighted by Crippen LogP contribution is 2.46. The third kappa shape index (κ3) is 2.77.